The van der Waals surface area contributed by atoms with Crippen LogP contribution in [0.25, 0.3) is 0 Å². The number of rotatable bonds is 6. The molecule has 0 aromatic heterocycles. The Labute approximate surface area is 104 Å². The van der Waals surface area contributed by atoms with E-state index in [0.29, 0.717) is 6.54 Å². The summed E-state index contributed by atoms with van der Waals surface area (Å²) in [6.45, 7) is 4.19. The molecule has 0 aliphatic carbocycles. The molecule has 0 atom stereocenters. The minimum Gasteiger partial charge on any atom is -0.493 e. The zero-order valence-corrected chi connectivity index (χ0v) is 10.3. The van der Waals surface area contributed by atoms with E-state index in [1.54, 1.807) is 0 Å². The molecule has 1 aromatic carbocycles. The van der Waals surface area contributed by atoms with Crippen LogP contribution < -0.4 is 10.1 Å². The first-order valence-corrected chi connectivity index (χ1v) is 5.23. The van der Waals surface area contributed by atoms with E-state index in [0.717, 1.165) is 30.9 Å². The van der Waals surface area contributed by atoms with Gasteiger partial charge in [-0.2, -0.15) is 0 Å². The van der Waals surface area contributed by atoms with Gasteiger partial charge in [-0.25, -0.2) is 0 Å². The van der Waals surface area contributed by atoms with Gasteiger partial charge in [-0.05, 0) is 12.5 Å². The predicted molar refractivity (Wildman–Crippen MR) is 70.0 cm³/mol. The molecule has 1 aromatic rings. The van der Waals surface area contributed by atoms with Crippen molar-refractivity contribution in [2.24, 2.45) is 0 Å². The van der Waals surface area contributed by atoms with E-state index < -0.39 is 0 Å². The first-order valence-electron chi connectivity index (χ1n) is 5.23. The highest BCUT2D eigenvalue weighted by Crippen LogP contribution is 2.17. The standard InChI is InChI=1S/C13H17NO.ClH/c1-3-9-14-11-12-7-5-6-8-13(12)15-10-4-2;/h1,5-8,14H,4,9-11H2,2H3;1H. The third kappa shape index (κ3) is 5.06. The summed E-state index contributed by atoms with van der Waals surface area (Å²) in [6, 6.07) is 8.03. The van der Waals surface area contributed by atoms with Crippen molar-refractivity contribution in [1.82, 2.24) is 5.32 Å². The minimum atomic E-state index is 0. The fourth-order valence-electron chi connectivity index (χ4n) is 1.27. The largest absolute Gasteiger partial charge is 0.493 e. The average molecular weight is 240 g/mol. The molecule has 3 heteroatoms. The lowest BCUT2D eigenvalue weighted by Crippen LogP contribution is -2.14. The van der Waals surface area contributed by atoms with Gasteiger partial charge in [-0.1, -0.05) is 31.0 Å². The zero-order valence-electron chi connectivity index (χ0n) is 9.53. The summed E-state index contributed by atoms with van der Waals surface area (Å²) in [6.07, 6.45) is 6.19. The third-order valence-corrected chi connectivity index (χ3v) is 1.98. The molecule has 1 rings (SSSR count). The second-order valence-electron chi connectivity index (χ2n) is 3.26. The Morgan fingerprint density at radius 3 is 2.81 bits per heavy atom. The summed E-state index contributed by atoms with van der Waals surface area (Å²) >= 11 is 0. The summed E-state index contributed by atoms with van der Waals surface area (Å²) in [7, 11) is 0. The van der Waals surface area contributed by atoms with Gasteiger partial charge in [0.15, 0.2) is 0 Å². The molecule has 0 aliphatic heterocycles. The van der Waals surface area contributed by atoms with Crippen LogP contribution in [0.4, 0.5) is 0 Å². The van der Waals surface area contributed by atoms with E-state index >= 15 is 0 Å². The molecule has 0 amide bonds. The zero-order chi connectivity index (χ0) is 10.9. The maximum Gasteiger partial charge on any atom is 0.123 e. The van der Waals surface area contributed by atoms with Crippen LogP contribution in [-0.2, 0) is 6.54 Å². The number of halogens is 1. The van der Waals surface area contributed by atoms with Gasteiger partial charge in [0, 0.05) is 12.1 Å². The Hall–Kier alpha value is -1.17. The van der Waals surface area contributed by atoms with Crippen LogP contribution in [0.1, 0.15) is 18.9 Å². The third-order valence-electron chi connectivity index (χ3n) is 1.98. The van der Waals surface area contributed by atoms with Crippen molar-refractivity contribution < 1.29 is 4.74 Å². The molecule has 0 radical (unpaired) electrons. The molecule has 0 saturated heterocycles. The lowest BCUT2D eigenvalue weighted by molar-refractivity contribution is 0.313. The molecule has 0 spiro atoms. The smallest absolute Gasteiger partial charge is 0.123 e. The van der Waals surface area contributed by atoms with E-state index in [-0.39, 0.29) is 12.4 Å². The molecule has 0 aliphatic rings. The molecule has 2 nitrogen and oxygen atoms in total. The minimum absolute atomic E-state index is 0. The highest BCUT2D eigenvalue weighted by atomic mass is 35.5. The van der Waals surface area contributed by atoms with E-state index in [9.17, 15) is 0 Å². The molecule has 88 valence electrons. The van der Waals surface area contributed by atoms with Crippen LogP contribution in [-0.4, -0.2) is 13.2 Å². The quantitative estimate of drug-likeness (QED) is 0.609. The summed E-state index contributed by atoms with van der Waals surface area (Å²) in [4.78, 5) is 0. The van der Waals surface area contributed by atoms with Crippen LogP contribution in [0.5, 0.6) is 5.75 Å². The van der Waals surface area contributed by atoms with Gasteiger partial charge in [0.05, 0.1) is 13.2 Å². The maximum absolute atomic E-state index is 5.63. The van der Waals surface area contributed by atoms with Gasteiger partial charge in [0.2, 0.25) is 0 Å². The number of benzene rings is 1. The van der Waals surface area contributed by atoms with Crippen LogP contribution in [0, 0.1) is 12.3 Å². The van der Waals surface area contributed by atoms with Crippen LogP contribution in [0.15, 0.2) is 24.3 Å². The second kappa shape index (κ2) is 9.08. The number of hydrogen-bond donors (Lipinski definition) is 1. The fourth-order valence-corrected chi connectivity index (χ4v) is 1.27. The molecular weight excluding hydrogens is 222 g/mol. The Balaban J connectivity index is 0.00000225. The highest BCUT2D eigenvalue weighted by molar-refractivity contribution is 5.85. The van der Waals surface area contributed by atoms with Crippen LogP contribution in [0.3, 0.4) is 0 Å². The highest BCUT2D eigenvalue weighted by Gasteiger charge is 2.00. The van der Waals surface area contributed by atoms with E-state index in [2.05, 4.69) is 24.2 Å². The lowest BCUT2D eigenvalue weighted by atomic mass is 10.2. The molecular formula is C13H18ClNO. The monoisotopic (exact) mass is 239 g/mol. The Kier molecular flexibility index (Phi) is 8.42. The van der Waals surface area contributed by atoms with E-state index in [4.69, 9.17) is 11.2 Å². The number of hydrogen-bond acceptors (Lipinski definition) is 2. The van der Waals surface area contributed by atoms with Crippen LogP contribution >= 0.6 is 12.4 Å². The molecule has 0 heterocycles. The molecule has 0 fully saturated rings. The van der Waals surface area contributed by atoms with E-state index in [1.165, 1.54) is 0 Å². The van der Waals surface area contributed by atoms with Crippen molar-refractivity contribution in [3.05, 3.63) is 29.8 Å². The first-order chi connectivity index (χ1) is 7.38. The van der Waals surface area contributed by atoms with Crippen molar-refractivity contribution in [2.75, 3.05) is 13.2 Å². The average Bonchev–Trinajstić information content (AvgIpc) is 2.28. The van der Waals surface area contributed by atoms with Crippen molar-refractivity contribution in [3.8, 4) is 18.1 Å². The Bertz CT molecular complexity index is 333. The van der Waals surface area contributed by atoms with Gasteiger partial charge in [-0.3, -0.25) is 0 Å². The van der Waals surface area contributed by atoms with Gasteiger partial charge in [-0.15, -0.1) is 18.8 Å². The van der Waals surface area contributed by atoms with Gasteiger partial charge < -0.3 is 10.1 Å². The van der Waals surface area contributed by atoms with Crippen molar-refractivity contribution in [3.63, 3.8) is 0 Å². The molecule has 1 N–H and O–H groups in total. The summed E-state index contributed by atoms with van der Waals surface area (Å²) in [5, 5.41) is 3.15. The number of para-hydroxylation sites is 1. The SMILES string of the molecule is C#CCNCc1ccccc1OCCC.Cl. The summed E-state index contributed by atoms with van der Waals surface area (Å²) in [5.41, 5.74) is 1.15. The van der Waals surface area contributed by atoms with Crippen molar-refractivity contribution in [1.29, 1.82) is 0 Å². The predicted octanol–water partition coefficient (Wildman–Crippen LogP) is 2.62. The normalized spacial score (nSPS) is 9.00. The molecule has 0 unspecified atom stereocenters. The first kappa shape index (κ1) is 14.8. The van der Waals surface area contributed by atoms with Crippen molar-refractivity contribution >= 4 is 12.4 Å². The Morgan fingerprint density at radius 2 is 2.12 bits per heavy atom. The molecule has 0 saturated carbocycles. The summed E-state index contributed by atoms with van der Waals surface area (Å²) < 4.78 is 5.63. The fraction of sp³-hybridized carbons (Fsp3) is 0.385. The second-order valence-corrected chi connectivity index (χ2v) is 3.26. The van der Waals surface area contributed by atoms with Gasteiger partial charge in [0.25, 0.3) is 0 Å². The summed E-state index contributed by atoms with van der Waals surface area (Å²) in [5.74, 6) is 3.50. The lowest BCUT2D eigenvalue weighted by Gasteiger charge is -2.10. The Morgan fingerprint density at radius 1 is 1.38 bits per heavy atom. The maximum atomic E-state index is 5.63. The van der Waals surface area contributed by atoms with E-state index in [1.807, 2.05) is 18.2 Å². The number of terminal acetylenes is 1. The topological polar surface area (TPSA) is 21.3 Å². The van der Waals surface area contributed by atoms with Crippen LogP contribution in [0.2, 0.25) is 0 Å². The van der Waals surface area contributed by atoms with Crippen molar-refractivity contribution in [2.45, 2.75) is 19.9 Å². The molecule has 16 heavy (non-hydrogen) atoms. The van der Waals surface area contributed by atoms with Gasteiger partial charge in [0.1, 0.15) is 5.75 Å². The van der Waals surface area contributed by atoms with Gasteiger partial charge >= 0.3 is 0 Å². The number of nitrogens with one attached hydrogen (secondary N) is 1. The molecule has 0 bridgehead atoms. The number of ether oxygens (including phenoxy) is 1.